The predicted octanol–water partition coefficient (Wildman–Crippen LogP) is 0.978. The van der Waals surface area contributed by atoms with Crippen molar-refractivity contribution in [1.29, 1.82) is 0 Å². The zero-order valence-corrected chi connectivity index (χ0v) is 13.6. The fourth-order valence-corrected chi connectivity index (χ4v) is 2.85. The van der Waals surface area contributed by atoms with E-state index in [0.29, 0.717) is 18.0 Å². The van der Waals surface area contributed by atoms with E-state index in [1.54, 1.807) is 19.2 Å². The number of hydrogen-bond donors (Lipinski definition) is 1. The predicted molar refractivity (Wildman–Crippen MR) is 82.2 cm³/mol. The molecule has 1 aromatic rings. The van der Waals surface area contributed by atoms with Crippen LogP contribution in [0.2, 0.25) is 0 Å². The second-order valence-electron chi connectivity index (χ2n) is 5.05. The third-order valence-corrected chi connectivity index (χ3v) is 4.94. The normalized spacial score (nSPS) is 12.3. The molecule has 0 saturated heterocycles. The van der Waals surface area contributed by atoms with Crippen molar-refractivity contribution in [2.75, 3.05) is 40.8 Å². The molecule has 0 fully saturated rings. The molecule has 0 aliphatic heterocycles. The first-order chi connectivity index (χ1) is 9.37. The lowest BCUT2D eigenvalue weighted by Crippen LogP contribution is -2.33. The average Bonchev–Trinajstić information content (AvgIpc) is 2.42. The van der Waals surface area contributed by atoms with E-state index in [9.17, 15) is 8.42 Å². The second-order valence-corrected chi connectivity index (χ2v) is 7.10. The Hall–Kier alpha value is -0.950. The summed E-state index contributed by atoms with van der Waals surface area (Å²) in [4.78, 5) is 2.31. The molecule has 0 heterocycles. The molecule has 1 aromatic carbocycles. The van der Waals surface area contributed by atoms with Crippen molar-refractivity contribution in [3.05, 3.63) is 29.8 Å². The maximum atomic E-state index is 12.4. The number of sulfonamides is 1. The first-order valence-electron chi connectivity index (χ1n) is 6.78. The molecule has 0 aliphatic carbocycles. The van der Waals surface area contributed by atoms with E-state index in [-0.39, 0.29) is 0 Å². The molecule has 1 rings (SSSR count). The molecule has 0 spiro atoms. The van der Waals surface area contributed by atoms with Crippen LogP contribution in [0.4, 0.5) is 0 Å². The van der Waals surface area contributed by atoms with Crippen molar-refractivity contribution in [1.82, 2.24) is 14.5 Å². The van der Waals surface area contributed by atoms with Gasteiger partial charge in [-0.15, -0.1) is 0 Å². The number of nitrogens with one attached hydrogen (secondary N) is 1. The molecule has 114 valence electrons. The highest BCUT2D eigenvalue weighted by atomic mass is 32.2. The molecular formula is C14H25N3O2S. The molecule has 5 nitrogen and oxygen atoms in total. The third kappa shape index (κ3) is 4.86. The largest absolute Gasteiger partial charge is 0.313 e. The lowest BCUT2D eigenvalue weighted by atomic mass is 10.2. The molecule has 0 amide bonds. The van der Waals surface area contributed by atoms with E-state index in [2.05, 4.69) is 5.32 Å². The summed E-state index contributed by atoms with van der Waals surface area (Å²) in [5, 5.41) is 3.21. The lowest BCUT2D eigenvalue weighted by molar-refractivity contribution is 0.358. The Balaban J connectivity index is 2.76. The van der Waals surface area contributed by atoms with E-state index in [1.807, 2.05) is 38.1 Å². The van der Waals surface area contributed by atoms with Crippen molar-refractivity contribution < 1.29 is 8.42 Å². The number of benzene rings is 1. The van der Waals surface area contributed by atoms with Gasteiger partial charge >= 0.3 is 0 Å². The summed E-state index contributed by atoms with van der Waals surface area (Å²) in [5.41, 5.74) is 1.08. The summed E-state index contributed by atoms with van der Waals surface area (Å²) in [7, 11) is 2.08. The van der Waals surface area contributed by atoms with Gasteiger partial charge < -0.3 is 10.2 Å². The smallest absolute Gasteiger partial charge is 0.242 e. The minimum Gasteiger partial charge on any atom is -0.313 e. The summed E-state index contributed by atoms with van der Waals surface area (Å²) in [6, 6.07) is 7.06. The van der Waals surface area contributed by atoms with Crippen LogP contribution in [-0.2, 0) is 16.6 Å². The van der Waals surface area contributed by atoms with E-state index in [4.69, 9.17) is 0 Å². The molecule has 0 bridgehead atoms. The Morgan fingerprint density at radius 1 is 1.05 bits per heavy atom. The third-order valence-electron chi connectivity index (χ3n) is 3.07. The summed E-state index contributed by atoms with van der Waals surface area (Å²) in [5.74, 6) is 0. The van der Waals surface area contributed by atoms with Gasteiger partial charge in [-0.1, -0.05) is 19.1 Å². The molecule has 0 saturated carbocycles. The van der Waals surface area contributed by atoms with E-state index < -0.39 is 10.0 Å². The molecule has 0 radical (unpaired) electrons. The molecule has 6 heteroatoms. The van der Waals surface area contributed by atoms with Crippen molar-refractivity contribution in [3.8, 4) is 0 Å². The summed E-state index contributed by atoms with van der Waals surface area (Å²) in [6.45, 7) is 4.88. The Morgan fingerprint density at radius 3 is 2.15 bits per heavy atom. The Kier molecular flexibility index (Phi) is 6.61. The van der Waals surface area contributed by atoms with Crippen molar-refractivity contribution in [3.63, 3.8) is 0 Å². The summed E-state index contributed by atoms with van der Waals surface area (Å²) in [6.07, 6.45) is 0. The van der Waals surface area contributed by atoms with Crippen LogP contribution < -0.4 is 5.32 Å². The van der Waals surface area contributed by atoms with Gasteiger partial charge in [0.2, 0.25) is 10.0 Å². The first kappa shape index (κ1) is 17.1. The van der Waals surface area contributed by atoms with Crippen LogP contribution >= 0.6 is 0 Å². The van der Waals surface area contributed by atoms with Gasteiger partial charge in [-0.3, -0.25) is 0 Å². The van der Waals surface area contributed by atoms with Crippen molar-refractivity contribution in [2.24, 2.45) is 0 Å². The van der Waals surface area contributed by atoms with Gasteiger partial charge in [0.05, 0.1) is 4.90 Å². The zero-order valence-electron chi connectivity index (χ0n) is 12.8. The Bertz CT molecular complexity index is 498. The highest BCUT2D eigenvalue weighted by molar-refractivity contribution is 7.89. The van der Waals surface area contributed by atoms with E-state index in [1.165, 1.54) is 4.31 Å². The second kappa shape index (κ2) is 7.73. The fraction of sp³-hybridized carbons (Fsp3) is 0.571. The monoisotopic (exact) mass is 299 g/mol. The van der Waals surface area contributed by atoms with Crippen LogP contribution in [0, 0.1) is 0 Å². The van der Waals surface area contributed by atoms with Gasteiger partial charge in [0.1, 0.15) is 0 Å². The van der Waals surface area contributed by atoms with Gasteiger partial charge in [0.15, 0.2) is 0 Å². The highest BCUT2D eigenvalue weighted by Gasteiger charge is 2.20. The minimum absolute atomic E-state index is 0.346. The minimum atomic E-state index is -3.39. The number of hydrogen-bond acceptors (Lipinski definition) is 4. The molecule has 0 unspecified atom stereocenters. The van der Waals surface area contributed by atoms with Gasteiger partial charge in [-0.2, -0.15) is 4.31 Å². The van der Waals surface area contributed by atoms with Crippen molar-refractivity contribution >= 4 is 10.0 Å². The van der Waals surface area contributed by atoms with Crippen LogP contribution in [0.3, 0.4) is 0 Å². The maximum Gasteiger partial charge on any atom is 0.242 e. The maximum absolute atomic E-state index is 12.4. The molecular weight excluding hydrogens is 274 g/mol. The van der Waals surface area contributed by atoms with E-state index in [0.717, 1.165) is 18.7 Å². The van der Waals surface area contributed by atoms with Crippen LogP contribution in [0.5, 0.6) is 0 Å². The van der Waals surface area contributed by atoms with Gasteiger partial charge in [-0.05, 0) is 38.3 Å². The SMILES string of the molecule is CCNCc1ccc(S(=O)(=O)N(C)CCN(C)C)cc1. The van der Waals surface area contributed by atoms with Gasteiger partial charge in [0, 0.05) is 26.7 Å². The molecule has 0 atom stereocenters. The molecule has 20 heavy (non-hydrogen) atoms. The molecule has 0 aliphatic rings. The van der Waals surface area contributed by atoms with E-state index >= 15 is 0 Å². The summed E-state index contributed by atoms with van der Waals surface area (Å²) >= 11 is 0. The molecule has 1 N–H and O–H groups in total. The van der Waals surface area contributed by atoms with Crippen molar-refractivity contribution in [2.45, 2.75) is 18.4 Å². The summed E-state index contributed by atoms with van der Waals surface area (Å²) < 4.78 is 26.1. The fourth-order valence-electron chi connectivity index (χ4n) is 1.69. The Labute approximate surface area is 122 Å². The topological polar surface area (TPSA) is 52.7 Å². The molecule has 0 aromatic heterocycles. The zero-order chi connectivity index (χ0) is 15.2. The quantitative estimate of drug-likeness (QED) is 0.777. The van der Waals surface area contributed by atoms with Gasteiger partial charge in [0.25, 0.3) is 0 Å². The van der Waals surface area contributed by atoms with Crippen LogP contribution in [0.25, 0.3) is 0 Å². The standard InChI is InChI=1S/C14H25N3O2S/c1-5-15-12-13-6-8-14(9-7-13)20(18,19)17(4)11-10-16(2)3/h6-9,15H,5,10-12H2,1-4H3. The number of rotatable bonds is 8. The average molecular weight is 299 g/mol. The Morgan fingerprint density at radius 2 is 1.65 bits per heavy atom. The first-order valence-corrected chi connectivity index (χ1v) is 8.22. The number of likely N-dealkylation sites (N-methyl/N-ethyl adjacent to an activating group) is 2. The number of nitrogens with zero attached hydrogens (tertiary/aromatic N) is 2. The van der Waals surface area contributed by atoms with Crippen LogP contribution in [0.15, 0.2) is 29.2 Å². The lowest BCUT2D eigenvalue weighted by Gasteiger charge is -2.19. The van der Waals surface area contributed by atoms with Crippen LogP contribution in [-0.4, -0.2) is 58.4 Å². The van der Waals surface area contributed by atoms with Crippen LogP contribution in [0.1, 0.15) is 12.5 Å². The highest BCUT2D eigenvalue weighted by Crippen LogP contribution is 2.15. The van der Waals surface area contributed by atoms with Gasteiger partial charge in [-0.25, -0.2) is 8.42 Å².